The zero-order chi connectivity index (χ0) is 23.1. The standard InChI is InChI=1S/C22H26N4O6/c1-24(2)12-4-14-31-18-9-6-16(7-10-18)23-21(27)5-3-13-25-19-11-8-17(26(29)30)15-20(19)32-22(25)28/h6-11,15H,3-5,12-14H2,1-2H3,(H,23,27). The van der Waals surface area contributed by atoms with E-state index in [2.05, 4.69) is 10.2 Å². The van der Waals surface area contributed by atoms with Gasteiger partial charge in [0.15, 0.2) is 5.58 Å². The molecule has 0 bridgehead atoms. The number of carbonyl (C=O) groups is 1. The average Bonchev–Trinajstić information content (AvgIpc) is 3.06. The molecule has 0 aliphatic rings. The summed E-state index contributed by atoms with van der Waals surface area (Å²) in [5.41, 5.74) is 1.12. The Morgan fingerprint density at radius 1 is 1.19 bits per heavy atom. The van der Waals surface area contributed by atoms with E-state index in [0.29, 0.717) is 24.2 Å². The molecule has 1 N–H and O–H groups in total. The maximum absolute atomic E-state index is 12.2. The number of rotatable bonds is 11. The third-order valence-corrected chi connectivity index (χ3v) is 4.80. The van der Waals surface area contributed by atoms with Crippen molar-refractivity contribution in [3.63, 3.8) is 0 Å². The highest BCUT2D eigenvalue weighted by molar-refractivity contribution is 5.90. The number of hydrogen-bond acceptors (Lipinski definition) is 7. The Bertz CT molecular complexity index is 1130. The highest BCUT2D eigenvalue weighted by Crippen LogP contribution is 2.20. The zero-order valence-corrected chi connectivity index (χ0v) is 18.1. The summed E-state index contributed by atoms with van der Waals surface area (Å²) in [5.74, 6) is -0.0450. The summed E-state index contributed by atoms with van der Waals surface area (Å²) in [5, 5.41) is 13.7. The van der Waals surface area contributed by atoms with E-state index in [9.17, 15) is 19.7 Å². The van der Waals surface area contributed by atoms with Gasteiger partial charge in [0, 0.05) is 31.3 Å². The molecular weight excluding hydrogens is 416 g/mol. The number of carbonyl (C=O) groups excluding carboxylic acids is 1. The molecule has 3 aromatic rings. The Balaban J connectivity index is 1.48. The smallest absolute Gasteiger partial charge is 0.419 e. The number of ether oxygens (including phenoxy) is 1. The number of aryl methyl sites for hydroxylation is 1. The van der Waals surface area contributed by atoms with Crippen molar-refractivity contribution in [3.05, 3.63) is 63.1 Å². The maximum atomic E-state index is 12.2. The van der Waals surface area contributed by atoms with Crippen LogP contribution in [0.5, 0.6) is 5.75 Å². The van der Waals surface area contributed by atoms with Gasteiger partial charge in [0.2, 0.25) is 5.91 Å². The Morgan fingerprint density at radius 2 is 1.94 bits per heavy atom. The molecule has 170 valence electrons. The van der Waals surface area contributed by atoms with Crippen LogP contribution in [0.2, 0.25) is 0 Å². The minimum Gasteiger partial charge on any atom is -0.494 e. The van der Waals surface area contributed by atoms with Gasteiger partial charge < -0.3 is 19.4 Å². The van der Waals surface area contributed by atoms with Crippen LogP contribution in [0.1, 0.15) is 19.3 Å². The van der Waals surface area contributed by atoms with Crippen molar-refractivity contribution >= 4 is 28.4 Å². The molecule has 0 radical (unpaired) electrons. The average molecular weight is 442 g/mol. The number of non-ortho nitro benzene ring substituents is 1. The fraction of sp³-hybridized carbons (Fsp3) is 0.364. The van der Waals surface area contributed by atoms with Gasteiger partial charge in [-0.25, -0.2) is 4.79 Å². The van der Waals surface area contributed by atoms with Gasteiger partial charge in [0.1, 0.15) is 5.75 Å². The number of hydrogen-bond donors (Lipinski definition) is 1. The predicted octanol–water partition coefficient (Wildman–Crippen LogP) is 3.25. The third-order valence-electron chi connectivity index (χ3n) is 4.80. The molecule has 32 heavy (non-hydrogen) atoms. The van der Waals surface area contributed by atoms with Gasteiger partial charge in [-0.15, -0.1) is 0 Å². The van der Waals surface area contributed by atoms with Gasteiger partial charge in [0.25, 0.3) is 5.69 Å². The fourth-order valence-corrected chi connectivity index (χ4v) is 3.21. The summed E-state index contributed by atoms with van der Waals surface area (Å²) < 4.78 is 12.1. The molecule has 1 amide bonds. The summed E-state index contributed by atoms with van der Waals surface area (Å²) in [6.07, 6.45) is 1.54. The molecule has 0 saturated heterocycles. The van der Waals surface area contributed by atoms with Gasteiger partial charge in [-0.3, -0.25) is 19.5 Å². The third kappa shape index (κ3) is 6.17. The normalized spacial score (nSPS) is 11.1. The molecule has 0 unspecified atom stereocenters. The minimum absolute atomic E-state index is 0.150. The van der Waals surface area contributed by atoms with Crippen LogP contribution in [0.25, 0.3) is 11.1 Å². The van der Waals surface area contributed by atoms with Crippen LogP contribution in [0, 0.1) is 10.1 Å². The van der Waals surface area contributed by atoms with E-state index < -0.39 is 10.7 Å². The number of nitro groups is 1. The van der Waals surface area contributed by atoms with Crippen molar-refractivity contribution in [1.29, 1.82) is 0 Å². The summed E-state index contributed by atoms with van der Waals surface area (Å²) in [4.78, 5) is 36.7. The second-order valence-electron chi connectivity index (χ2n) is 7.61. The number of nitro benzene ring substituents is 1. The zero-order valence-electron chi connectivity index (χ0n) is 18.1. The van der Waals surface area contributed by atoms with E-state index in [0.717, 1.165) is 18.7 Å². The fourth-order valence-electron chi connectivity index (χ4n) is 3.21. The molecule has 0 fully saturated rings. The number of nitrogens with zero attached hydrogens (tertiary/aromatic N) is 3. The van der Waals surface area contributed by atoms with E-state index in [1.54, 1.807) is 12.1 Å². The van der Waals surface area contributed by atoms with Crippen LogP contribution in [0.15, 0.2) is 51.7 Å². The van der Waals surface area contributed by atoms with Crippen LogP contribution >= 0.6 is 0 Å². The highest BCUT2D eigenvalue weighted by Gasteiger charge is 2.14. The first-order chi connectivity index (χ1) is 15.3. The van der Waals surface area contributed by atoms with Crippen molar-refractivity contribution in [3.8, 4) is 5.75 Å². The SMILES string of the molecule is CN(C)CCCOc1ccc(NC(=O)CCCn2c(=O)oc3cc([N+](=O)[O-])ccc32)cc1. The van der Waals surface area contributed by atoms with Crippen LogP contribution in [0.3, 0.4) is 0 Å². The lowest BCUT2D eigenvalue weighted by Crippen LogP contribution is -2.17. The first-order valence-electron chi connectivity index (χ1n) is 10.3. The van der Waals surface area contributed by atoms with Gasteiger partial charge in [-0.2, -0.15) is 0 Å². The molecule has 1 heterocycles. The Hall–Kier alpha value is -3.66. The van der Waals surface area contributed by atoms with E-state index in [-0.39, 0.29) is 30.1 Å². The van der Waals surface area contributed by atoms with Gasteiger partial charge in [-0.05, 0) is 57.3 Å². The molecule has 10 heteroatoms. The molecule has 2 aromatic carbocycles. The van der Waals surface area contributed by atoms with Crippen LogP contribution in [0.4, 0.5) is 11.4 Å². The number of oxazole rings is 1. The van der Waals surface area contributed by atoms with Crippen molar-refractivity contribution < 1.29 is 18.9 Å². The summed E-state index contributed by atoms with van der Waals surface area (Å²) in [6, 6.07) is 11.2. The Morgan fingerprint density at radius 3 is 2.62 bits per heavy atom. The minimum atomic E-state index is -0.609. The maximum Gasteiger partial charge on any atom is 0.419 e. The molecular formula is C22H26N4O6. The summed E-state index contributed by atoms with van der Waals surface area (Å²) in [7, 11) is 4.03. The first-order valence-corrected chi connectivity index (χ1v) is 10.3. The summed E-state index contributed by atoms with van der Waals surface area (Å²) in [6.45, 7) is 1.84. The first kappa shape index (κ1) is 23.0. The molecule has 1 aromatic heterocycles. The lowest BCUT2D eigenvalue weighted by Gasteiger charge is -2.11. The molecule has 0 atom stereocenters. The molecule has 0 aliphatic carbocycles. The Labute approximate surface area is 184 Å². The molecule has 10 nitrogen and oxygen atoms in total. The second kappa shape index (κ2) is 10.6. The van der Waals surface area contributed by atoms with Gasteiger partial charge in [-0.1, -0.05) is 0 Å². The number of fused-ring (bicyclic) bond motifs is 1. The molecule has 0 saturated carbocycles. The van der Waals surface area contributed by atoms with Gasteiger partial charge in [0.05, 0.1) is 23.1 Å². The molecule has 0 aliphatic heterocycles. The van der Waals surface area contributed by atoms with E-state index in [4.69, 9.17) is 9.15 Å². The van der Waals surface area contributed by atoms with E-state index in [1.807, 2.05) is 26.2 Å². The van der Waals surface area contributed by atoms with Crippen LogP contribution < -0.4 is 15.8 Å². The summed E-state index contributed by atoms with van der Waals surface area (Å²) >= 11 is 0. The number of aromatic nitrogens is 1. The predicted molar refractivity (Wildman–Crippen MR) is 120 cm³/mol. The number of nitrogens with one attached hydrogen (secondary N) is 1. The lowest BCUT2D eigenvalue weighted by molar-refractivity contribution is -0.384. The molecule has 0 spiro atoms. The van der Waals surface area contributed by atoms with Gasteiger partial charge >= 0.3 is 5.76 Å². The van der Waals surface area contributed by atoms with Crippen LogP contribution in [-0.2, 0) is 11.3 Å². The van der Waals surface area contributed by atoms with Crippen molar-refractivity contribution in [2.45, 2.75) is 25.8 Å². The Kier molecular flexibility index (Phi) is 7.61. The quantitative estimate of drug-likeness (QED) is 0.275. The number of anilines is 1. The lowest BCUT2D eigenvalue weighted by atomic mass is 10.2. The van der Waals surface area contributed by atoms with Crippen LogP contribution in [-0.4, -0.2) is 47.5 Å². The van der Waals surface area contributed by atoms with E-state index in [1.165, 1.54) is 22.8 Å². The second-order valence-corrected chi connectivity index (χ2v) is 7.61. The van der Waals surface area contributed by atoms with Crippen molar-refractivity contribution in [2.75, 3.05) is 32.6 Å². The highest BCUT2D eigenvalue weighted by atomic mass is 16.6. The largest absolute Gasteiger partial charge is 0.494 e. The topological polar surface area (TPSA) is 120 Å². The van der Waals surface area contributed by atoms with Crippen molar-refractivity contribution in [2.24, 2.45) is 0 Å². The van der Waals surface area contributed by atoms with E-state index >= 15 is 0 Å². The number of amides is 1. The number of benzene rings is 2. The molecule has 3 rings (SSSR count). The van der Waals surface area contributed by atoms with Crippen molar-refractivity contribution in [1.82, 2.24) is 9.47 Å². The monoisotopic (exact) mass is 442 g/mol.